The van der Waals surface area contributed by atoms with Crippen molar-refractivity contribution < 1.29 is 27.6 Å². The van der Waals surface area contributed by atoms with Gasteiger partial charge in [-0.1, -0.05) is 23.2 Å². The normalized spacial score (nSPS) is 14.0. The van der Waals surface area contributed by atoms with Gasteiger partial charge in [0.1, 0.15) is 22.1 Å². The molecule has 38 heavy (non-hydrogen) atoms. The van der Waals surface area contributed by atoms with E-state index in [4.69, 9.17) is 32.7 Å². The van der Waals surface area contributed by atoms with E-state index >= 15 is 0 Å². The van der Waals surface area contributed by atoms with Crippen LogP contribution >= 0.6 is 23.2 Å². The first-order chi connectivity index (χ1) is 18.1. The van der Waals surface area contributed by atoms with E-state index in [-0.39, 0.29) is 59.6 Å². The smallest absolute Gasteiger partial charge is 0.415 e. The Bertz CT molecular complexity index is 1510. The first-order valence-electron chi connectivity index (χ1n) is 11.0. The third-order valence-electron chi connectivity index (χ3n) is 5.50. The van der Waals surface area contributed by atoms with Crippen molar-refractivity contribution in [3.63, 3.8) is 0 Å². The Labute approximate surface area is 227 Å². The van der Waals surface area contributed by atoms with Crippen LogP contribution < -0.4 is 9.47 Å². The maximum atomic E-state index is 13.5. The van der Waals surface area contributed by atoms with E-state index in [0.29, 0.717) is 10.0 Å². The number of hydrogen-bond acceptors (Lipinski definition) is 8. The van der Waals surface area contributed by atoms with Crippen LogP contribution in [-0.4, -0.2) is 54.8 Å². The summed E-state index contributed by atoms with van der Waals surface area (Å²) in [6.07, 6.45) is -0.718. The van der Waals surface area contributed by atoms with Crippen molar-refractivity contribution in [3.8, 4) is 23.3 Å². The number of carbonyl (C=O) groups is 1. The Morgan fingerprint density at radius 2 is 1.58 bits per heavy atom. The summed E-state index contributed by atoms with van der Waals surface area (Å²) in [4.78, 5) is 23.8. The standard InChI is InChI=1S/C24H18Cl2N4O7S/c25-17-12-18(26)14-21(13-17)36-22-6-1-16(15-27)11-23(22)38(34,35)29-9-7-28(8-10-29)24(31)37-20-4-2-19(3-5-20)30(32)33/h1-6,11-14H,7-10H2. The van der Waals surface area contributed by atoms with Gasteiger partial charge in [0.25, 0.3) is 5.69 Å². The molecule has 0 unspecified atom stereocenters. The first kappa shape index (κ1) is 27.2. The van der Waals surface area contributed by atoms with Gasteiger partial charge in [-0.05, 0) is 48.5 Å². The van der Waals surface area contributed by atoms with Crippen molar-refractivity contribution in [1.29, 1.82) is 5.26 Å². The molecule has 14 heteroatoms. The number of non-ortho nitro benzene ring substituents is 1. The lowest BCUT2D eigenvalue weighted by Gasteiger charge is -2.33. The van der Waals surface area contributed by atoms with Crippen molar-refractivity contribution >= 4 is 45.0 Å². The topological polar surface area (TPSA) is 143 Å². The average molecular weight is 577 g/mol. The summed E-state index contributed by atoms with van der Waals surface area (Å²) in [7, 11) is -4.14. The van der Waals surface area contributed by atoms with Crippen LogP contribution in [0.3, 0.4) is 0 Å². The molecule has 0 aromatic heterocycles. The first-order valence-corrected chi connectivity index (χ1v) is 13.2. The number of nitro groups is 1. The van der Waals surface area contributed by atoms with E-state index in [0.717, 1.165) is 0 Å². The number of hydrogen-bond donors (Lipinski definition) is 0. The Balaban J connectivity index is 1.49. The van der Waals surface area contributed by atoms with Crippen LogP contribution in [0.25, 0.3) is 0 Å². The molecule has 1 aliphatic rings. The molecule has 196 valence electrons. The van der Waals surface area contributed by atoms with Crippen LogP contribution in [0.2, 0.25) is 10.0 Å². The minimum atomic E-state index is -4.14. The predicted molar refractivity (Wildman–Crippen MR) is 137 cm³/mol. The number of nitriles is 1. The number of nitrogens with zero attached hydrogens (tertiary/aromatic N) is 4. The fourth-order valence-corrected chi connectivity index (χ4v) is 5.70. The van der Waals surface area contributed by atoms with Crippen LogP contribution in [0.15, 0.2) is 65.6 Å². The molecule has 0 atom stereocenters. The minimum Gasteiger partial charge on any atom is -0.456 e. The third-order valence-corrected chi connectivity index (χ3v) is 7.86. The van der Waals surface area contributed by atoms with Crippen LogP contribution in [0.4, 0.5) is 10.5 Å². The number of benzene rings is 3. The van der Waals surface area contributed by atoms with Gasteiger partial charge in [-0.2, -0.15) is 9.57 Å². The number of rotatable bonds is 6. The molecule has 1 saturated heterocycles. The van der Waals surface area contributed by atoms with Crippen molar-refractivity contribution in [3.05, 3.63) is 86.4 Å². The zero-order valence-electron chi connectivity index (χ0n) is 19.4. The third kappa shape index (κ3) is 6.15. The molecule has 3 aromatic rings. The molecule has 0 radical (unpaired) electrons. The van der Waals surface area contributed by atoms with Gasteiger partial charge in [-0.15, -0.1) is 0 Å². The monoisotopic (exact) mass is 576 g/mol. The molecule has 1 aliphatic heterocycles. The lowest BCUT2D eigenvalue weighted by molar-refractivity contribution is -0.384. The molecule has 0 N–H and O–H groups in total. The van der Waals surface area contributed by atoms with Crippen molar-refractivity contribution in [2.24, 2.45) is 0 Å². The molecule has 1 fully saturated rings. The van der Waals surface area contributed by atoms with Crippen LogP contribution in [0, 0.1) is 21.4 Å². The zero-order chi connectivity index (χ0) is 27.4. The molecule has 3 aromatic carbocycles. The van der Waals surface area contributed by atoms with Crippen LogP contribution in [-0.2, 0) is 10.0 Å². The van der Waals surface area contributed by atoms with Crippen LogP contribution in [0.1, 0.15) is 5.56 Å². The van der Waals surface area contributed by atoms with E-state index in [1.54, 1.807) is 0 Å². The van der Waals surface area contributed by atoms with Crippen molar-refractivity contribution in [2.45, 2.75) is 4.90 Å². The van der Waals surface area contributed by atoms with E-state index in [2.05, 4.69) is 0 Å². The van der Waals surface area contributed by atoms with Gasteiger partial charge in [0, 0.05) is 48.4 Å². The molecular weight excluding hydrogens is 559 g/mol. The van der Waals surface area contributed by atoms with E-state index in [1.165, 1.54) is 69.9 Å². The van der Waals surface area contributed by atoms with Gasteiger partial charge in [0.05, 0.1) is 16.6 Å². The Morgan fingerprint density at radius 3 is 2.16 bits per heavy atom. The second-order valence-electron chi connectivity index (χ2n) is 7.99. The number of halogens is 2. The number of carbonyl (C=O) groups excluding carboxylic acids is 1. The molecule has 0 bridgehead atoms. The molecule has 1 heterocycles. The molecule has 0 aliphatic carbocycles. The summed E-state index contributed by atoms with van der Waals surface area (Å²) in [6, 6.07) is 15.4. The maximum Gasteiger partial charge on any atom is 0.415 e. The number of piperazine rings is 1. The SMILES string of the molecule is N#Cc1ccc(Oc2cc(Cl)cc(Cl)c2)c(S(=O)(=O)N2CCN(C(=O)Oc3ccc([N+](=O)[O-])cc3)CC2)c1. The number of ether oxygens (including phenoxy) is 2. The number of sulfonamides is 1. The van der Waals surface area contributed by atoms with Gasteiger partial charge < -0.3 is 14.4 Å². The van der Waals surface area contributed by atoms with Crippen LogP contribution in [0.5, 0.6) is 17.2 Å². The maximum absolute atomic E-state index is 13.5. The predicted octanol–water partition coefficient (Wildman–Crippen LogP) is 5.07. The average Bonchev–Trinajstić information content (AvgIpc) is 2.88. The summed E-state index contributed by atoms with van der Waals surface area (Å²) < 4.78 is 39.3. The Hall–Kier alpha value is -3.89. The quantitative estimate of drug-likeness (QED) is 0.292. The summed E-state index contributed by atoms with van der Waals surface area (Å²) in [5, 5.41) is 20.7. The summed E-state index contributed by atoms with van der Waals surface area (Å²) in [5.74, 6) is 0.302. The summed E-state index contributed by atoms with van der Waals surface area (Å²) in [5.41, 5.74) is -0.0312. The second-order valence-corrected chi connectivity index (χ2v) is 10.8. The van der Waals surface area contributed by atoms with E-state index in [1.807, 2.05) is 6.07 Å². The minimum absolute atomic E-state index is 0.0256. The van der Waals surface area contributed by atoms with Gasteiger partial charge in [-0.3, -0.25) is 10.1 Å². The molecule has 0 saturated carbocycles. The molecule has 0 spiro atoms. The second kappa shape index (κ2) is 11.2. The largest absolute Gasteiger partial charge is 0.456 e. The fourth-order valence-electron chi connectivity index (χ4n) is 3.63. The van der Waals surface area contributed by atoms with Gasteiger partial charge in [0.15, 0.2) is 0 Å². The van der Waals surface area contributed by atoms with Crippen molar-refractivity contribution in [2.75, 3.05) is 26.2 Å². The van der Waals surface area contributed by atoms with Crippen molar-refractivity contribution in [1.82, 2.24) is 9.21 Å². The van der Waals surface area contributed by atoms with E-state index in [9.17, 15) is 28.6 Å². The molecule has 1 amide bonds. The summed E-state index contributed by atoms with van der Waals surface area (Å²) >= 11 is 12.0. The molecule has 4 rings (SSSR count). The Kier molecular flexibility index (Phi) is 8.03. The number of amides is 1. The molecular formula is C24H18Cl2N4O7S. The van der Waals surface area contributed by atoms with Gasteiger partial charge in [0.2, 0.25) is 10.0 Å². The highest BCUT2D eigenvalue weighted by Crippen LogP contribution is 2.34. The van der Waals surface area contributed by atoms with Gasteiger partial charge in [-0.25, -0.2) is 13.2 Å². The zero-order valence-corrected chi connectivity index (χ0v) is 21.7. The Morgan fingerprint density at radius 1 is 0.947 bits per heavy atom. The highest BCUT2D eigenvalue weighted by Gasteiger charge is 2.33. The lowest BCUT2D eigenvalue weighted by atomic mass is 10.2. The molecule has 11 nitrogen and oxygen atoms in total. The highest BCUT2D eigenvalue weighted by molar-refractivity contribution is 7.89. The fraction of sp³-hybridized carbons (Fsp3) is 0.167. The summed E-state index contributed by atoms with van der Waals surface area (Å²) in [6.45, 7) is -0.0278. The lowest BCUT2D eigenvalue weighted by Crippen LogP contribution is -2.51. The number of nitro benzene ring substituents is 1. The van der Waals surface area contributed by atoms with E-state index < -0.39 is 21.0 Å². The van der Waals surface area contributed by atoms with Gasteiger partial charge >= 0.3 is 6.09 Å². The highest BCUT2D eigenvalue weighted by atomic mass is 35.5.